The summed E-state index contributed by atoms with van der Waals surface area (Å²) in [5.41, 5.74) is 1.83. The third-order valence-corrected chi connectivity index (χ3v) is 3.23. The number of amides is 1. The van der Waals surface area contributed by atoms with E-state index < -0.39 is 6.10 Å². The van der Waals surface area contributed by atoms with E-state index in [0.717, 1.165) is 17.8 Å². The van der Waals surface area contributed by atoms with Crippen LogP contribution in [0.2, 0.25) is 0 Å². The van der Waals surface area contributed by atoms with Crippen molar-refractivity contribution in [2.24, 2.45) is 0 Å². The maximum atomic E-state index is 11.9. The Kier molecular flexibility index (Phi) is 5.83. The highest BCUT2D eigenvalue weighted by atomic mass is 16.3. The molecule has 1 amide bonds. The van der Waals surface area contributed by atoms with Crippen LogP contribution in [0, 0.1) is 0 Å². The van der Waals surface area contributed by atoms with Crippen LogP contribution in [0.4, 0.5) is 5.69 Å². The van der Waals surface area contributed by atoms with Crippen molar-refractivity contribution in [2.75, 3.05) is 32.1 Å². The number of para-hydroxylation sites is 1. The summed E-state index contributed by atoms with van der Waals surface area (Å²) in [4.78, 5) is 15.4. The average molecular weight is 264 g/mol. The van der Waals surface area contributed by atoms with Gasteiger partial charge in [-0.05, 0) is 19.4 Å². The maximum Gasteiger partial charge on any atom is 0.241 e. The molecule has 19 heavy (non-hydrogen) atoms. The van der Waals surface area contributed by atoms with Gasteiger partial charge >= 0.3 is 0 Å². The monoisotopic (exact) mass is 264 g/mol. The molecule has 4 heteroatoms. The smallest absolute Gasteiger partial charge is 0.241 e. The molecule has 106 valence electrons. The van der Waals surface area contributed by atoms with Gasteiger partial charge < -0.3 is 14.9 Å². The molecule has 0 aliphatic rings. The summed E-state index contributed by atoms with van der Waals surface area (Å²) in [6.45, 7) is 5.02. The van der Waals surface area contributed by atoms with Gasteiger partial charge in [0.25, 0.3) is 0 Å². The number of hydrogen-bond donors (Lipinski definition) is 1. The van der Waals surface area contributed by atoms with Crippen molar-refractivity contribution < 1.29 is 9.90 Å². The topological polar surface area (TPSA) is 43.8 Å². The van der Waals surface area contributed by atoms with E-state index in [1.54, 1.807) is 19.0 Å². The Labute approximate surface area is 115 Å². The number of rotatable bonds is 6. The van der Waals surface area contributed by atoms with Crippen molar-refractivity contribution in [3.8, 4) is 0 Å². The molecule has 0 aliphatic carbocycles. The van der Waals surface area contributed by atoms with Gasteiger partial charge in [-0.25, -0.2) is 0 Å². The Morgan fingerprint density at radius 2 is 1.89 bits per heavy atom. The predicted molar refractivity (Wildman–Crippen MR) is 78.3 cm³/mol. The molecule has 0 spiro atoms. The molecule has 0 bridgehead atoms. The third kappa shape index (κ3) is 3.96. The zero-order valence-corrected chi connectivity index (χ0v) is 12.3. The van der Waals surface area contributed by atoms with Crippen molar-refractivity contribution in [1.29, 1.82) is 0 Å². The fraction of sp³-hybridized carbons (Fsp3) is 0.533. The lowest BCUT2D eigenvalue weighted by molar-refractivity contribution is -0.127. The largest absolute Gasteiger partial charge is 0.388 e. The summed E-state index contributed by atoms with van der Waals surface area (Å²) >= 11 is 0. The Balaban J connectivity index is 3.01. The molecule has 1 aromatic rings. The third-order valence-electron chi connectivity index (χ3n) is 3.23. The van der Waals surface area contributed by atoms with Crippen LogP contribution in [0.25, 0.3) is 0 Å². The van der Waals surface area contributed by atoms with Gasteiger partial charge in [-0.3, -0.25) is 4.79 Å². The zero-order chi connectivity index (χ0) is 14.4. The zero-order valence-electron chi connectivity index (χ0n) is 12.3. The molecule has 0 radical (unpaired) electrons. The summed E-state index contributed by atoms with van der Waals surface area (Å²) in [7, 11) is 3.51. The van der Waals surface area contributed by atoms with E-state index in [0.29, 0.717) is 13.0 Å². The highest BCUT2D eigenvalue weighted by Gasteiger charge is 2.17. The van der Waals surface area contributed by atoms with Crippen LogP contribution in [0.1, 0.15) is 31.9 Å². The predicted octanol–water partition coefficient (Wildman–Crippen LogP) is 2.04. The number of hydrogen-bond acceptors (Lipinski definition) is 3. The highest BCUT2D eigenvalue weighted by molar-refractivity contribution is 5.81. The fourth-order valence-electron chi connectivity index (χ4n) is 1.95. The van der Waals surface area contributed by atoms with Crippen LogP contribution in [0.5, 0.6) is 0 Å². The van der Waals surface area contributed by atoms with Gasteiger partial charge in [-0.1, -0.05) is 25.1 Å². The summed E-state index contributed by atoms with van der Waals surface area (Å²) in [6.07, 6.45) is 0.177. The minimum atomic E-state index is -0.486. The van der Waals surface area contributed by atoms with Gasteiger partial charge in [0.05, 0.1) is 12.6 Å². The standard InChI is InChI=1S/C15H24N2O2/c1-5-14(18)12-9-7-8-10-13(12)17(6-2)11-15(19)16(3)4/h7-10,14,18H,5-6,11H2,1-4H3. The Morgan fingerprint density at radius 1 is 1.26 bits per heavy atom. The van der Waals surface area contributed by atoms with Crippen LogP contribution in [-0.4, -0.2) is 43.1 Å². The number of aliphatic hydroxyl groups excluding tert-OH is 1. The molecule has 1 unspecified atom stereocenters. The second-order valence-electron chi connectivity index (χ2n) is 4.79. The van der Waals surface area contributed by atoms with E-state index in [-0.39, 0.29) is 5.91 Å². The van der Waals surface area contributed by atoms with Crippen LogP contribution in [0.3, 0.4) is 0 Å². The number of aliphatic hydroxyl groups is 1. The lowest BCUT2D eigenvalue weighted by Gasteiger charge is -2.27. The number of nitrogens with zero attached hydrogens (tertiary/aromatic N) is 2. The van der Waals surface area contributed by atoms with Crippen molar-refractivity contribution >= 4 is 11.6 Å². The van der Waals surface area contributed by atoms with E-state index in [1.165, 1.54) is 0 Å². The number of carbonyl (C=O) groups is 1. The molecule has 1 N–H and O–H groups in total. The van der Waals surface area contributed by atoms with Crippen molar-refractivity contribution in [2.45, 2.75) is 26.4 Å². The first-order valence-electron chi connectivity index (χ1n) is 6.73. The van der Waals surface area contributed by atoms with Gasteiger partial charge in [-0.2, -0.15) is 0 Å². The summed E-state index contributed by atoms with van der Waals surface area (Å²) in [6, 6.07) is 7.73. The van der Waals surface area contributed by atoms with Crippen LogP contribution < -0.4 is 4.90 Å². The molecular formula is C15H24N2O2. The first-order chi connectivity index (χ1) is 9.01. The quantitative estimate of drug-likeness (QED) is 0.855. The average Bonchev–Trinajstić information content (AvgIpc) is 2.43. The Bertz CT molecular complexity index is 418. The lowest BCUT2D eigenvalue weighted by Crippen LogP contribution is -2.37. The fourth-order valence-corrected chi connectivity index (χ4v) is 1.95. The van der Waals surface area contributed by atoms with Crippen molar-refractivity contribution in [3.05, 3.63) is 29.8 Å². The number of benzene rings is 1. The highest BCUT2D eigenvalue weighted by Crippen LogP contribution is 2.27. The second-order valence-corrected chi connectivity index (χ2v) is 4.79. The van der Waals surface area contributed by atoms with Crippen molar-refractivity contribution in [3.63, 3.8) is 0 Å². The summed E-state index contributed by atoms with van der Waals surface area (Å²) in [5, 5.41) is 10.1. The molecule has 0 fully saturated rings. The number of likely N-dealkylation sites (N-methyl/N-ethyl adjacent to an activating group) is 2. The minimum Gasteiger partial charge on any atom is -0.388 e. The molecule has 4 nitrogen and oxygen atoms in total. The Morgan fingerprint density at radius 3 is 2.42 bits per heavy atom. The van der Waals surface area contributed by atoms with E-state index in [1.807, 2.05) is 43.0 Å². The lowest BCUT2D eigenvalue weighted by atomic mass is 10.0. The van der Waals surface area contributed by atoms with Gasteiger partial charge in [0.2, 0.25) is 5.91 Å². The van der Waals surface area contributed by atoms with Gasteiger partial charge in [0.15, 0.2) is 0 Å². The first kappa shape index (κ1) is 15.5. The Hall–Kier alpha value is -1.55. The van der Waals surface area contributed by atoms with Gasteiger partial charge in [0.1, 0.15) is 0 Å². The van der Waals surface area contributed by atoms with E-state index >= 15 is 0 Å². The molecule has 0 heterocycles. The van der Waals surface area contributed by atoms with Crippen LogP contribution >= 0.6 is 0 Å². The van der Waals surface area contributed by atoms with E-state index in [4.69, 9.17) is 0 Å². The molecule has 1 atom stereocenters. The molecule has 1 aromatic carbocycles. The van der Waals surface area contributed by atoms with E-state index in [9.17, 15) is 9.90 Å². The molecule has 0 saturated heterocycles. The number of carbonyl (C=O) groups excluding carboxylic acids is 1. The second kappa shape index (κ2) is 7.14. The number of anilines is 1. The SMILES string of the molecule is CCC(O)c1ccccc1N(CC)CC(=O)N(C)C. The summed E-state index contributed by atoms with van der Waals surface area (Å²) < 4.78 is 0. The molecular weight excluding hydrogens is 240 g/mol. The maximum absolute atomic E-state index is 11.9. The normalized spacial score (nSPS) is 12.1. The molecule has 0 aliphatic heterocycles. The molecule has 0 saturated carbocycles. The summed E-state index contributed by atoms with van der Waals surface area (Å²) in [5.74, 6) is 0.0580. The minimum absolute atomic E-state index is 0.0580. The van der Waals surface area contributed by atoms with Crippen LogP contribution in [0.15, 0.2) is 24.3 Å². The molecule has 0 aromatic heterocycles. The van der Waals surface area contributed by atoms with Crippen molar-refractivity contribution in [1.82, 2.24) is 4.90 Å². The van der Waals surface area contributed by atoms with Crippen LogP contribution in [-0.2, 0) is 4.79 Å². The van der Waals surface area contributed by atoms with E-state index in [2.05, 4.69) is 0 Å². The first-order valence-corrected chi connectivity index (χ1v) is 6.73. The molecule has 1 rings (SSSR count). The van der Waals surface area contributed by atoms with Gasteiger partial charge in [-0.15, -0.1) is 0 Å². The van der Waals surface area contributed by atoms with Gasteiger partial charge in [0, 0.05) is 31.9 Å².